The lowest BCUT2D eigenvalue weighted by molar-refractivity contribution is -0.132. The van der Waals surface area contributed by atoms with Gasteiger partial charge >= 0.3 is 0 Å². The van der Waals surface area contributed by atoms with Crippen LogP contribution in [0.4, 0.5) is 0 Å². The van der Waals surface area contributed by atoms with Crippen molar-refractivity contribution >= 4 is 11.8 Å². The molecule has 2 aromatic carbocycles. The van der Waals surface area contributed by atoms with Gasteiger partial charge in [0.05, 0.1) is 31.0 Å². The molecular formula is C39H48N6O5. The van der Waals surface area contributed by atoms with E-state index in [1.807, 2.05) is 92.4 Å². The number of hydrogen-bond acceptors (Lipinski definition) is 9. The van der Waals surface area contributed by atoms with E-state index in [2.05, 4.69) is 25.5 Å². The number of oxazole rings is 1. The van der Waals surface area contributed by atoms with Gasteiger partial charge in [0.2, 0.25) is 17.7 Å². The van der Waals surface area contributed by atoms with Gasteiger partial charge in [-0.05, 0) is 62.4 Å². The van der Waals surface area contributed by atoms with Crippen LogP contribution in [0.2, 0.25) is 0 Å². The Morgan fingerprint density at radius 1 is 1.02 bits per heavy atom. The van der Waals surface area contributed by atoms with Crippen molar-refractivity contribution in [3.63, 3.8) is 0 Å². The summed E-state index contributed by atoms with van der Waals surface area (Å²) in [6, 6.07) is 20.2. The Morgan fingerprint density at radius 2 is 1.76 bits per heavy atom. The molecule has 4 N–H and O–H groups in total. The number of hydrogen-bond donors (Lipinski definition) is 4. The van der Waals surface area contributed by atoms with Crippen LogP contribution in [0.5, 0.6) is 0 Å². The first-order valence-electron chi connectivity index (χ1n) is 17.4. The molecular weight excluding hydrogens is 632 g/mol. The molecule has 1 saturated heterocycles. The summed E-state index contributed by atoms with van der Waals surface area (Å²) in [7, 11) is 0. The molecule has 2 aliphatic rings. The molecule has 0 spiro atoms. The predicted molar refractivity (Wildman–Crippen MR) is 190 cm³/mol. The maximum Gasteiger partial charge on any atom is 0.239 e. The normalized spacial score (nSPS) is 20.9. The molecule has 0 saturated carbocycles. The molecule has 50 heavy (non-hydrogen) atoms. The highest BCUT2D eigenvalue weighted by molar-refractivity contribution is 5.83. The van der Waals surface area contributed by atoms with Crippen LogP contribution >= 0.6 is 0 Å². The molecule has 4 aromatic rings. The molecule has 0 unspecified atom stereocenters. The quantitative estimate of drug-likeness (QED) is 0.177. The Kier molecular flexibility index (Phi) is 11.1. The Hall–Kier alpha value is -4.42. The van der Waals surface area contributed by atoms with Gasteiger partial charge in [-0.2, -0.15) is 0 Å². The highest BCUT2D eigenvalue weighted by Crippen LogP contribution is 2.32. The number of carbonyl (C=O) groups excluding carboxylic acids is 2. The van der Waals surface area contributed by atoms with Crippen molar-refractivity contribution in [1.29, 1.82) is 0 Å². The van der Waals surface area contributed by atoms with Gasteiger partial charge in [0.25, 0.3) is 0 Å². The summed E-state index contributed by atoms with van der Waals surface area (Å²) in [5, 5.41) is 28.6. The molecule has 264 valence electrons. The summed E-state index contributed by atoms with van der Waals surface area (Å²) in [5.74, 6) is 0.344. The molecule has 0 radical (unpaired) electrons. The lowest BCUT2D eigenvalue weighted by Gasteiger charge is -2.42. The number of benzene rings is 2. The first-order valence-corrected chi connectivity index (χ1v) is 17.4. The van der Waals surface area contributed by atoms with Gasteiger partial charge in [0.1, 0.15) is 6.04 Å². The fourth-order valence-electron chi connectivity index (χ4n) is 7.04. The highest BCUT2D eigenvalue weighted by Gasteiger charge is 2.37. The number of aliphatic hydroxyl groups excluding tert-OH is 2. The number of aromatic nitrogens is 2. The number of aliphatic hydroxyl groups is 2. The van der Waals surface area contributed by atoms with E-state index < -0.39 is 35.7 Å². The minimum atomic E-state index is -0.874. The van der Waals surface area contributed by atoms with E-state index >= 15 is 0 Å². The average molecular weight is 681 g/mol. The fourth-order valence-corrected chi connectivity index (χ4v) is 7.04. The second-order valence-electron chi connectivity index (χ2n) is 14.6. The minimum Gasteiger partial charge on any atom is -0.439 e. The molecule has 11 heteroatoms. The number of nitrogens with one attached hydrogen (secondary N) is 2. The first-order chi connectivity index (χ1) is 24.0. The number of piperazine rings is 1. The Bertz CT molecular complexity index is 1730. The summed E-state index contributed by atoms with van der Waals surface area (Å²) < 4.78 is 6.04. The number of rotatable bonds is 12. The molecule has 0 bridgehead atoms. The zero-order valence-corrected chi connectivity index (χ0v) is 29.0. The summed E-state index contributed by atoms with van der Waals surface area (Å²) in [6.07, 6.45) is 4.66. The molecule has 1 fully saturated rings. The van der Waals surface area contributed by atoms with Gasteiger partial charge in [-0.15, -0.1) is 0 Å². The van der Waals surface area contributed by atoms with Crippen molar-refractivity contribution in [2.24, 2.45) is 5.92 Å². The SMILES string of the molecule is CC(C)(C)NC(=O)[C@@H]1CN(Cc2ncc(-c3ccncc3)o2)CCN1C[C@@H](O)C[C@H](Cc1ccccc1)C(=O)N[C@H]1c2ccccc2C[C@H]1O. The van der Waals surface area contributed by atoms with E-state index in [-0.39, 0.29) is 24.8 Å². The van der Waals surface area contributed by atoms with Crippen molar-refractivity contribution in [2.75, 3.05) is 26.2 Å². The summed E-state index contributed by atoms with van der Waals surface area (Å²) >= 11 is 0. The number of amides is 2. The van der Waals surface area contributed by atoms with E-state index in [1.165, 1.54) is 0 Å². The number of carbonyl (C=O) groups is 2. The summed E-state index contributed by atoms with van der Waals surface area (Å²) in [4.78, 5) is 40.3. The largest absolute Gasteiger partial charge is 0.439 e. The minimum absolute atomic E-state index is 0.119. The van der Waals surface area contributed by atoms with Gasteiger partial charge in [-0.1, -0.05) is 54.6 Å². The summed E-state index contributed by atoms with van der Waals surface area (Å²) in [5.41, 5.74) is 3.40. The van der Waals surface area contributed by atoms with Gasteiger partial charge in [0.15, 0.2) is 5.76 Å². The van der Waals surface area contributed by atoms with Gasteiger partial charge in [-0.25, -0.2) is 4.98 Å². The fraction of sp³-hybridized carbons (Fsp3) is 0.436. The van der Waals surface area contributed by atoms with Gasteiger partial charge in [-0.3, -0.25) is 24.4 Å². The Balaban J connectivity index is 1.14. The molecule has 5 atom stereocenters. The van der Waals surface area contributed by atoms with Crippen LogP contribution in [-0.2, 0) is 29.0 Å². The summed E-state index contributed by atoms with van der Waals surface area (Å²) in [6.45, 7) is 8.13. The van der Waals surface area contributed by atoms with Crippen LogP contribution in [-0.4, -0.2) is 91.8 Å². The lowest BCUT2D eigenvalue weighted by atomic mass is 9.91. The second kappa shape index (κ2) is 15.6. The van der Waals surface area contributed by atoms with Crippen molar-refractivity contribution in [3.05, 3.63) is 108 Å². The van der Waals surface area contributed by atoms with Crippen molar-refractivity contribution in [2.45, 2.75) is 76.4 Å². The highest BCUT2D eigenvalue weighted by atomic mass is 16.4. The molecule has 2 amide bonds. The maximum absolute atomic E-state index is 13.9. The number of fused-ring (bicyclic) bond motifs is 1. The molecule has 1 aliphatic heterocycles. The van der Waals surface area contributed by atoms with Crippen LogP contribution in [0.1, 0.15) is 55.8 Å². The van der Waals surface area contributed by atoms with Crippen LogP contribution < -0.4 is 10.6 Å². The van der Waals surface area contributed by atoms with Gasteiger partial charge < -0.3 is 25.3 Å². The number of nitrogens with zero attached hydrogens (tertiary/aromatic N) is 4. The van der Waals surface area contributed by atoms with Crippen LogP contribution in [0.25, 0.3) is 11.3 Å². The zero-order chi connectivity index (χ0) is 35.3. The monoisotopic (exact) mass is 680 g/mol. The molecule has 2 aromatic heterocycles. The van der Waals surface area contributed by atoms with Crippen LogP contribution in [0.3, 0.4) is 0 Å². The second-order valence-corrected chi connectivity index (χ2v) is 14.6. The van der Waals surface area contributed by atoms with Crippen molar-refractivity contribution in [3.8, 4) is 11.3 Å². The Morgan fingerprint density at radius 3 is 2.52 bits per heavy atom. The van der Waals surface area contributed by atoms with Crippen molar-refractivity contribution < 1.29 is 24.2 Å². The third-order valence-corrected chi connectivity index (χ3v) is 9.45. The van der Waals surface area contributed by atoms with E-state index in [0.717, 1.165) is 22.3 Å². The lowest BCUT2D eigenvalue weighted by Crippen LogP contribution is -2.62. The molecule has 3 heterocycles. The maximum atomic E-state index is 13.9. The third kappa shape index (κ3) is 9.02. The van der Waals surface area contributed by atoms with Crippen LogP contribution in [0, 0.1) is 5.92 Å². The van der Waals surface area contributed by atoms with Gasteiger partial charge in [0, 0.05) is 62.0 Å². The predicted octanol–water partition coefficient (Wildman–Crippen LogP) is 3.52. The third-order valence-electron chi connectivity index (χ3n) is 9.45. The van der Waals surface area contributed by atoms with Crippen molar-refractivity contribution in [1.82, 2.24) is 30.4 Å². The number of β-amino-alcohol motifs (C(OH)–C–C–N with tert-alkyl or cyclic N) is 1. The Labute approximate surface area is 293 Å². The smallest absolute Gasteiger partial charge is 0.239 e. The molecule has 11 nitrogen and oxygen atoms in total. The van der Waals surface area contributed by atoms with E-state index in [4.69, 9.17) is 4.42 Å². The number of pyridine rings is 1. The zero-order valence-electron chi connectivity index (χ0n) is 29.0. The average Bonchev–Trinajstić information content (AvgIpc) is 3.69. The topological polar surface area (TPSA) is 144 Å². The van der Waals surface area contributed by atoms with E-state index in [1.54, 1.807) is 18.6 Å². The van der Waals surface area contributed by atoms with E-state index in [0.29, 0.717) is 50.7 Å². The molecule has 6 rings (SSSR count). The van der Waals surface area contributed by atoms with E-state index in [9.17, 15) is 19.8 Å². The molecule has 1 aliphatic carbocycles. The standard InChI is InChI=1S/C39H48N6O5/c1-39(2,3)43-38(49)32-24-44(25-35-41-22-34(50-35)27-13-15-40-16-14-27)17-18-45(32)23-30(46)20-29(19-26-9-5-4-6-10-26)37(48)42-36-31-12-8-7-11-28(31)21-33(36)47/h4-16,22,29-30,32-33,36,46-47H,17-21,23-25H2,1-3H3,(H,42,48)(H,43,49)/t29-,30-,32-,33+,36-/m0/s1. The first kappa shape index (κ1) is 35.4. The van der Waals surface area contributed by atoms with Crippen LogP contribution in [0.15, 0.2) is 89.7 Å².